The highest BCUT2D eigenvalue weighted by Crippen LogP contribution is 2.30. The number of hydrogen-bond donors (Lipinski definition) is 1. The Hall–Kier alpha value is -3.72. The van der Waals surface area contributed by atoms with Crippen LogP contribution in [-0.4, -0.2) is 26.4 Å². The zero-order valence-electron chi connectivity index (χ0n) is 16.3. The standard InChI is InChI=1S/C22H17FN2O5S/c1-29-18-11-16(23)4-7-21(18)31(27,28)17-5-2-14(3-6-17)12-25-22(26)19-10-15-8-9-24-13-20(15)30-19/h2-11,13H,12H2,1H3,(H,25,26). The monoisotopic (exact) mass is 440 g/mol. The molecule has 158 valence electrons. The van der Waals surface area contributed by atoms with Gasteiger partial charge < -0.3 is 14.5 Å². The second kappa shape index (κ2) is 8.19. The molecular formula is C22H17FN2O5S. The number of carbonyl (C=O) groups is 1. The van der Waals surface area contributed by atoms with E-state index < -0.39 is 21.6 Å². The van der Waals surface area contributed by atoms with Crippen LogP contribution in [0.1, 0.15) is 16.1 Å². The summed E-state index contributed by atoms with van der Waals surface area (Å²) in [6.45, 7) is 0.175. The third-order valence-electron chi connectivity index (χ3n) is 4.65. The summed E-state index contributed by atoms with van der Waals surface area (Å²) < 4.78 is 49.6. The number of carbonyl (C=O) groups excluding carboxylic acids is 1. The molecule has 1 amide bonds. The van der Waals surface area contributed by atoms with Crippen molar-refractivity contribution in [1.29, 1.82) is 0 Å². The molecule has 2 heterocycles. The highest BCUT2D eigenvalue weighted by atomic mass is 32.2. The number of hydrogen-bond acceptors (Lipinski definition) is 6. The van der Waals surface area contributed by atoms with Crippen molar-refractivity contribution < 1.29 is 26.8 Å². The molecule has 0 fully saturated rings. The van der Waals surface area contributed by atoms with Gasteiger partial charge >= 0.3 is 0 Å². The van der Waals surface area contributed by atoms with E-state index in [1.807, 2.05) is 0 Å². The molecule has 0 saturated heterocycles. The van der Waals surface area contributed by atoms with Crippen LogP contribution in [0.4, 0.5) is 4.39 Å². The summed E-state index contributed by atoms with van der Waals surface area (Å²) in [5.41, 5.74) is 1.20. The molecule has 0 bridgehead atoms. The number of furan rings is 1. The Morgan fingerprint density at radius 1 is 1.13 bits per heavy atom. The summed E-state index contributed by atoms with van der Waals surface area (Å²) in [5, 5.41) is 3.50. The second-order valence-electron chi connectivity index (χ2n) is 6.65. The lowest BCUT2D eigenvalue weighted by Crippen LogP contribution is -2.22. The largest absolute Gasteiger partial charge is 0.495 e. The van der Waals surface area contributed by atoms with Gasteiger partial charge in [-0.15, -0.1) is 0 Å². The molecule has 0 radical (unpaired) electrons. The summed E-state index contributed by atoms with van der Waals surface area (Å²) in [6, 6.07) is 12.6. The van der Waals surface area contributed by atoms with Crippen molar-refractivity contribution in [1.82, 2.24) is 10.3 Å². The number of sulfone groups is 1. The van der Waals surface area contributed by atoms with Gasteiger partial charge in [-0.25, -0.2) is 12.8 Å². The molecule has 9 heteroatoms. The maximum absolute atomic E-state index is 13.4. The zero-order valence-corrected chi connectivity index (χ0v) is 17.1. The first-order valence-corrected chi connectivity index (χ1v) is 10.7. The SMILES string of the molecule is COc1cc(F)ccc1S(=O)(=O)c1ccc(CNC(=O)c2cc3ccncc3o2)cc1. The van der Waals surface area contributed by atoms with E-state index in [0.29, 0.717) is 11.1 Å². The molecule has 1 N–H and O–H groups in total. The molecule has 0 saturated carbocycles. The molecule has 31 heavy (non-hydrogen) atoms. The molecular weight excluding hydrogens is 423 g/mol. The first kappa shape index (κ1) is 20.5. The third kappa shape index (κ3) is 4.13. The fraction of sp³-hybridized carbons (Fsp3) is 0.0909. The number of pyridine rings is 1. The number of amides is 1. The van der Waals surface area contributed by atoms with Crippen LogP contribution in [0, 0.1) is 5.82 Å². The second-order valence-corrected chi connectivity index (χ2v) is 8.57. The van der Waals surface area contributed by atoms with E-state index in [-0.39, 0.29) is 27.8 Å². The van der Waals surface area contributed by atoms with E-state index in [1.54, 1.807) is 30.5 Å². The van der Waals surface area contributed by atoms with Crippen LogP contribution >= 0.6 is 0 Å². The van der Waals surface area contributed by atoms with E-state index >= 15 is 0 Å². The molecule has 0 spiro atoms. The maximum Gasteiger partial charge on any atom is 0.287 e. The average molecular weight is 440 g/mol. The normalized spacial score (nSPS) is 11.4. The van der Waals surface area contributed by atoms with Crippen LogP contribution < -0.4 is 10.1 Å². The van der Waals surface area contributed by atoms with Gasteiger partial charge in [0, 0.05) is 24.2 Å². The fourth-order valence-corrected chi connectivity index (χ4v) is 4.45. The predicted octanol–water partition coefficient (Wildman–Crippen LogP) is 3.74. The van der Waals surface area contributed by atoms with Crippen LogP contribution in [0.2, 0.25) is 0 Å². The van der Waals surface area contributed by atoms with Gasteiger partial charge in [0.25, 0.3) is 5.91 Å². The maximum atomic E-state index is 13.4. The Morgan fingerprint density at radius 2 is 1.90 bits per heavy atom. The van der Waals surface area contributed by atoms with Gasteiger partial charge in [0.1, 0.15) is 16.5 Å². The molecule has 2 aromatic carbocycles. The van der Waals surface area contributed by atoms with Crippen molar-refractivity contribution in [2.24, 2.45) is 0 Å². The zero-order chi connectivity index (χ0) is 22.0. The summed E-state index contributed by atoms with van der Waals surface area (Å²) in [4.78, 5) is 16.2. The number of aromatic nitrogens is 1. The number of nitrogens with one attached hydrogen (secondary N) is 1. The summed E-state index contributed by atoms with van der Waals surface area (Å²) in [6.07, 6.45) is 3.14. The molecule has 4 aromatic rings. The van der Waals surface area contributed by atoms with Crippen LogP contribution in [0.5, 0.6) is 5.75 Å². The van der Waals surface area contributed by atoms with Crippen molar-refractivity contribution in [2.75, 3.05) is 7.11 Å². The van der Waals surface area contributed by atoms with E-state index in [2.05, 4.69) is 10.3 Å². The highest BCUT2D eigenvalue weighted by Gasteiger charge is 2.22. The number of ether oxygens (including phenoxy) is 1. The van der Waals surface area contributed by atoms with E-state index in [0.717, 1.165) is 17.5 Å². The first-order chi connectivity index (χ1) is 14.9. The Labute approximate surface area is 177 Å². The van der Waals surface area contributed by atoms with Crippen molar-refractivity contribution in [2.45, 2.75) is 16.3 Å². The molecule has 0 atom stereocenters. The number of rotatable bonds is 6. The number of fused-ring (bicyclic) bond motifs is 1. The lowest BCUT2D eigenvalue weighted by molar-refractivity contribution is 0.0925. The van der Waals surface area contributed by atoms with Crippen LogP contribution in [0.25, 0.3) is 11.0 Å². The van der Waals surface area contributed by atoms with E-state index in [9.17, 15) is 17.6 Å². The number of nitrogens with zero attached hydrogens (tertiary/aromatic N) is 1. The van der Waals surface area contributed by atoms with Gasteiger partial charge in [0.15, 0.2) is 11.3 Å². The van der Waals surface area contributed by atoms with Crippen LogP contribution in [0.3, 0.4) is 0 Å². The van der Waals surface area contributed by atoms with Crippen LogP contribution in [0.15, 0.2) is 81.2 Å². The topological polar surface area (TPSA) is 98.5 Å². The minimum Gasteiger partial charge on any atom is -0.495 e. The molecule has 0 aliphatic heterocycles. The minimum absolute atomic E-state index is 0.0252. The minimum atomic E-state index is -3.90. The summed E-state index contributed by atoms with van der Waals surface area (Å²) in [7, 11) is -2.63. The van der Waals surface area contributed by atoms with Crippen LogP contribution in [-0.2, 0) is 16.4 Å². The fourth-order valence-electron chi connectivity index (χ4n) is 3.04. The summed E-state index contributed by atoms with van der Waals surface area (Å²) >= 11 is 0. The van der Waals surface area contributed by atoms with Crippen molar-refractivity contribution in [3.63, 3.8) is 0 Å². The van der Waals surface area contributed by atoms with Gasteiger partial charge in [-0.3, -0.25) is 9.78 Å². The van der Waals surface area contributed by atoms with Gasteiger partial charge in [-0.1, -0.05) is 12.1 Å². The number of methoxy groups -OCH3 is 1. The lowest BCUT2D eigenvalue weighted by atomic mass is 10.2. The quantitative estimate of drug-likeness (QED) is 0.459. The Morgan fingerprint density at radius 3 is 2.61 bits per heavy atom. The molecule has 0 unspecified atom stereocenters. The molecule has 0 aliphatic rings. The predicted molar refractivity (Wildman–Crippen MR) is 110 cm³/mol. The van der Waals surface area contributed by atoms with Crippen molar-refractivity contribution >= 4 is 26.7 Å². The van der Waals surface area contributed by atoms with Gasteiger partial charge in [0.2, 0.25) is 9.84 Å². The van der Waals surface area contributed by atoms with Gasteiger partial charge in [-0.2, -0.15) is 0 Å². The van der Waals surface area contributed by atoms with Crippen molar-refractivity contribution in [3.8, 4) is 5.75 Å². The Balaban J connectivity index is 1.48. The summed E-state index contributed by atoms with van der Waals surface area (Å²) in [5.74, 6) is -0.908. The van der Waals surface area contributed by atoms with E-state index in [4.69, 9.17) is 9.15 Å². The Bertz CT molecular complexity index is 1330. The smallest absolute Gasteiger partial charge is 0.287 e. The Kier molecular flexibility index (Phi) is 5.43. The average Bonchev–Trinajstić information content (AvgIpc) is 3.22. The van der Waals surface area contributed by atoms with Gasteiger partial charge in [0.05, 0.1) is 18.2 Å². The van der Waals surface area contributed by atoms with Crippen molar-refractivity contribution in [3.05, 3.63) is 84.1 Å². The first-order valence-electron chi connectivity index (χ1n) is 9.18. The number of halogens is 1. The van der Waals surface area contributed by atoms with Gasteiger partial charge in [-0.05, 0) is 42.0 Å². The molecule has 7 nitrogen and oxygen atoms in total. The lowest BCUT2D eigenvalue weighted by Gasteiger charge is -2.10. The molecule has 0 aliphatic carbocycles. The molecule has 4 rings (SSSR count). The highest BCUT2D eigenvalue weighted by molar-refractivity contribution is 7.91. The molecule has 2 aromatic heterocycles. The number of benzene rings is 2. The third-order valence-corrected chi connectivity index (χ3v) is 6.46. The van der Waals surface area contributed by atoms with E-state index in [1.165, 1.54) is 31.5 Å².